The Labute approximate surface area is 202 Å². The van der Waals surface area contributed by atoms with E-state index in [9.17, 15) is 4.79 Å². The molecule has 1 amide bonds. The lowest BCUT2D eigenvalue weighted by Gasteiger charge is -2.34. The van der Waals surface area contributed by atoms with Crippen LogP contribution in [0.2, 0.25) is 0 Å². The second-order valence-corrected chi connectivity index (χ2v) is 9.92. The Morgan fingerprint density at radius 1 is 1.06 bits per heavy atom. The molecule has 34 heavy (non-hydrogen) atoms. The molecular formula is C29H33N3O2. The van der Waals surface area contributed by atoms with Gasteiger partial charge >= 0.3 is 6.09 Å². The normalized spacial score (nSPS) is 21.3. The highest BCUT2D eigenvalue weighted by molar-refractivity contribution is 5.86. The fraction of sp³-hybridized carbons (Fsp3) is 0.345. The molecule has 176 valence electrons. The molecule has 2 aliphatic rings. The molecule has 1 unspecified atom stereocenters. The predicted octanol–water partition coefficient (Wildman–Crippen LogP) is 5.90. The molecule has 0 aromatic heterocycles. The molecule has 3 aromatic rings. The Bertz CT molecular complexity index is 1210. The summed E-state index contributed by atoms with van der Waals surface area (Å²) in [5.74, 6) is 0.582. The van der Waals surface area contributed by atoms with Gasteiger partial charge < -0.3 is 9.64 Å². The van der Waals surface area contributed by atoms with Gasteiger partial charge in [0.1, 0.15) is 5.75 Å². The highest BCUT2D eigenvalue weighted by Crippen LogP contribution is 2.52. The molecule has 1 N–H and O–H groups in total. The van der Waals surface area contributed by atoms with Gasteiger partial charge in [-0.05, 0) is 79.3 Å². The average molecular weight is 456 g/mol. The number of carbonyl (C=O) groups is 1. The van der Waals surface area contributed by atoms with Crippen molar-refractivity contribution in [2.24, 2.45) is 0 Å². The first-order valence-electron chi connectivity index (χ1n) is 12.1. The lowest BCUT2D eigenvalue weighted by atomic mass is 9.81. The van der Waals surface area contributed by atoms with E-state index >= 15 is 0 Å². The molecule has 0 radical (unpaired) electrons. The number of fused-ring (bicyclic) bond motifs is 3. The van der Waals surface area contributed by atoms with Crippen LogP contribution in [-0.2, 0) is 11.8 Å². The Hall–Kier alpha value is -3.31. The summed E-state index contributed by atoms with van der Waals surface area (Å²) in [6.07, 6.45) is 1.98. The number of anilines is 2. The zero-order chi connectivity index (χ0) is 23.9. The van der Waals surface area contributed by atoms with Crippen molar-refractivity contribution >= 4 is 17.5 Å². The van der Waals surface area contributed by atoms with Crippen LogP contribution in [-0.4, -0.2) is 37.3 Å². The third-order valence-electron chi connectivity index (χ3n) is 7.66. The second kappa shape index (κ2) is 8.80. The minimum Gasteiger partial charge on any atom is -0.410 e. The molecule has 5 nitrogen and oxygen atoms in total. The maximum Gasteiger partial charge on any atom is 0.417 e. The molecule has 1 saturated heterocycles. The molecule has 5 heteroatoms. The van der Waals surface area contributed by atoms with Crippen molar-refractivity contribution in [1.82, 2.24) is 4.90 Å². The Morgan fingerprint density at radius 2 is 1.85 bits per heavy atom. The molecule has 3 aromatic carbocycles. The van der Waals surface area contributed by atoms with E-state index in [1.54, 1.807) is 0 Å². The number of hydrogen-bond acceptors (Lipinski definition) is 4. The van der Waals surface area contributed by atoms with E-state index in [0.29, 0.717) is 11.9 Å². The van der Waals surface area contributed by atoms with E-state index in [-0.39, 0.29) is 5.41 Å². The van der Waals surface area contributed by atoms with Crippen LogP contribution in [0.4, 0.5) is 16.2 Å². The minimum atomic E-state index is -0.466. The fourth-order valence-electron chi connectivity index (χ4n) is 5.67. The van der Waals surface area contributed by atoms with Crippen LogP contribution >= 0.6 is 0 Å². The number of hydrogen-bond donors (Lipinski definition) is 1. The van der Waals surface area contributed by atoms with Crippen LogP contribution in [0, 0.1) is 13.8 Å². The van der Waals surface area contributed by atoms with Gasteiger partial charge in [0.2, 0.25) is 0 Å². The number of rotatable bonds is 5. The van der Waals surface area contributed by atoms with E-state index in [4.69, 9.17) is 4.74 Å². The molecular weight excluding hydrogens is 422 g/mol. The summed E-state index contributed by atoms with van der Waals surface area (Å²) in [4.78, 5) is 17.6. The molecule has 0 spiro atoms. The smallest absolute Gasteiger partial charge is 0.410 e. The summed E-state index contributed by atoms with van der Waals surface area (Å²) in [7, 11) is 2.18. The third kappa shape index (κ3) is 4.05. The molecule has 1 fully saturated rings. The lowest BCUT2D eigenvalue weighted by Crippen LogP contribution is -2.47. The van der Waals surface area contributed by atoms with Crippen molar-refractivity contribution < 1.29 is 9.53 Å². The summed E-state index contributed by atoms with van der Waals surface area (Å²) in [5, 5.41) is 2.85. The number of aryl methyl sites for hydroxylation is 2. The number of carbonyl (C=O) groups excluding carboxylic acids is 1. The number of likely N-dealkylation sites (tertiary alicyclic amines) is 1. The van der Waals surface area contributed by atoms with E-state index < -0.39 is 6.09 Å². The van der Waals surface area contributed by atoms with Crippen molar-refractivity contribution in [2.75, 3.05) is 30.4 Å². The monoisotopic (exact) mass is 455 g/mol. The summed E-state index contributed by atoms with van der Waals surface area (Å²) in [6.45, 7) is 8.53. The first kappa shape index (κ1) is 22.5. The first-order valence-corrected chi connectivity index (χ1v) is 12.1. The van der Waals surface area contributed by atoms with Crippen LogP contribution in [0.25, 0.3) is 0 Å². The van der Waals surface area contributed by atoms with Crippen molar-refractivity contribution in [3.63, 3.8) is 0 Å². The summed E-state index contributed by atoms with van der Waals surface area (Å²) in [5.41, 5.74) is 6.93. The summed E-state index contributed by atoms with van der Waals surface area (Å²) < 4.78 is 5.69. The van der Waals surface area contributed by atoms with E-state index in [1.165, 1.54) is 22.4 Å². The Morgan fingerprint density at radius 3 is 2.62 bits per heavy atom. The topological polar surface area (TPSA) is 44.8 Å². The molecule has 2 heterocycles. The number of likely N-dealkylation sites (N-methyl/N-ethyl adjacent to an activating group) is 1. The van der Waals surface area contributed by atoms with Gasteiger partial charge in [0.05, 0.1) is 6.17 Å². The average Bonchev–Trinajstić information content (AvgIpc) is 3.27. The van der Waals surface area contributed by atoms with Gasteiger partial charge in [-0.15, -0.1) is 0 Å². The van der Waals surface area contributed by atoms with Gasteiger partial charge in [-0.25, -0.2) is 4.79 Å². The van der Waals surface area contributed by atoms with Crippen LogP contribution in [0.15, 0.2) is 66.7 Å². The molecule has 0 aliphatic carbocycles. The van der Waals surface area contributed by atoms with Crippen LogP contribution in [0.5, 0.6) is 5.75 Å². The van der Waals surface area contributed by atoms with Gasteiger partial charge in [-0.1, -0.05) is 43.3 Å². The van der Waals surface area contributed by atoms with Crippen molar-refractivity contribution in [3.05, 3.63) is 89.0 Å². The summed E-state index contributed by atoms with van der Waals surface area (Å²) in [6, 6.07) is 22.6. The van der Waals surface area contributed by atoms with Gasteiger partial charge in [0, 0.05) is 36.9 Å². The van der Waals surface area contributed by atoms with E-state index in [0.717, 1.165) is 37.2 Å². The third-order valence-corrected chi connectivity index (χ3v) is 7.66. The van der Waals surface area contributed by atoms with Crippen molar-refractivity contribution in [3.8, 4) is 5.75 Å². The van der Waals surface area contributed by atoms with Gasteiger partial charge in [-0.3, -0.25) is 10.2 Å². The highest BCUT2D eigenvalue weighted by Gasteiger charge is 2.53. The molecule has 0 saturated carbocycles. The highest BCUT2D eigenvalue weighted by atomic mass is 16.6. The Kier molecular flexibility index (Phi) is 5.82. The number of benzene rings is 3. The quantitative estimate of drug-likeness (QED) is 0.521. The fourth-order valence-corrected chi connectivity index (χ4v) is 5.67. The number of ether oxygens (including phenoxy) is 1. The minimum absolute atomic E-state index is 0.00465. The number of nitrogens with zero attached hydrogens (tertiary/aromatic N) is 2. The first-order chi connectivity index (χ1) is 16.3. The molecule has 2 atom stereocenters. The van der Waals surface area contributed by atoms with Crippen molar-refractivity contribution in [1.29, 1.82) is 0 Å². The molecule has 0 bridgehead atoms. The van der Waals surface area contributed by atoms with E-state index in [1.807, 2.05) is 31.2 Å². The zero-order valence-electron chi connectivity index (χ0n) is 20.5. The standard InChI is InChI=1S/C29H33N3O2/c1-20-10-11-23(18-21(20)2)30-28(33)34-24-12-13-26-25(19-24)29(3)15-17-32(27(29)31(26)4)16-14-22-8-6-5-7-9-22/h5-13,18-19,27H,14-17H2,1-4H3,(H,30,33)/t27?,29-/m0/s1. The van der Waals surface area contributed by atoms with Gasteiger partial charge in [0.15, 0.2) is 0 Å². The number of amides is 1. The zero-order valence-corrected chi connectivity index (χ0v) is 20.5. The van der Waals surface area contributed by atoms with Crippen LogP contribution in [0.1, 0.15) is 35.6 Å². The lowest BCUT2D eigenvalue weighted by molar-refractivity contribution is 0.215. The number of nitrogens with one attached hydrogen (secondary N) is 1. The summed E-state index contributed by atoms with van der Waals surface area (Å²) >= 11 is 0. The van der Waals surface area contributed by atoms with Gasteiger partial charge in [0.25, 0.3) is 0 Å². The maximum absolute atomic E-state index is 12.6. The van der Waals surface area contributed by atoms with Crippen molar-refractivity contribution in [2.45, 2.75) is 45.2 Å². The second-order valence-electron chi connectivity index (χ2n) is 9.92. The molecule has 2 aliphatic heterocycles. The van der Waals surface area contributed by atoms with Gasteiger partial charge in [-0.2, -0.15) is 0 Å². The van der Waals surface area contributed by atoms with E-state index in [2.05, 4.69) is 78.5 Å². The largest absolute Gasteiger partial charge is 0.417 e. The van der Waals surface area contributed by atoms with Crippen LogP contribution in [0.3, 0.4) is 0 Å². The molecule has 5 rings (SSSR count). The predicted molar refractivity (Wildman–Crippen MR) is 138 cm³/mol. The Balaban J connectivity index is 1.30. The SMILES string of the molecule is Cc1ccc(NC(=O)Oc2ccc3c(c2)[C@]2(C)CCN(CCc4ccccc4)C2N3C)cc1C. The van der Waals surface area contributed by atoms with Crippen LogP contribution < -0.4 is 15.0 Å². The maximum atomic E-state index is 12.6.